The Morgan fingerprint density at radius 3 is 2.65 bits per heavy atom. The van der Waals surface area contributed by atoms with Gasteiger partial charge in [-0.15, -0.1) is 0 Å². The van der Waals surface area contributed by atoms with Crippen LogP contribution < -0.4 is 5.32 Å². The fraction of sp³-hybridized carbons (Fsp3) is 0.312. The Hall–Kier alpha value is -2.83. The van der Waals surface area contributed by atoms with Gasteiger partial charge < -0.3 is 15.0 Å². The molecule has 0 spiro atoms. The molecule has 7 nitrogen and oxygen atoms in total. The van der Waals surface area contributed by atoms with Crippen molar-refractivity contribution in [3.63, 3.8) is 0 Å². The van der Waals surface area contributed by atoms with E-state index in [0.29, 0.717) is 6.54 Å². The van der Waals surface area contributed by atoms with Crippen LogP contribution in [0, 0.1) is 10.1 Å². The van der Waals surface area contributed by atoms with Crippen LogP contribution in [0.5, 0.6) is 0 Å². The molecular formula is C16H19N3O4. The van der Waals surface area contributed by atoms with E-state index in [2.05, 4.69) is 10.3 Å². The monoisotopic (exact) mass is 317 g/mol. The molecule has 0 fully saturated rings. The lowest BCUT2D eigenvalue weighted by Gasteiger charge is -2.19. The lowest BCUT2D eigenvalue weighted by atomic mass is 10.1. The summed E-state index contributed by atoms with van der Waals surface area (Å²) in [5.41, 5.74) is 0.690. The summed E-state index contributed by atoms with van der Waals surface area (Å²) >= 11 is 0. The van der Waals surface area contributed by atoms with Gasteiger partial charge in [-0.1, -0.05) is 0 Å². The van der Waals surface area contributed by atoms with E-state index < -0.39 is 16.5 Å². The van der Waals surface area contributed by atoms with E-state index in [1.165, 1.54) is 18.2 Å². The predicted molar refractivity (Wildman–Crippen MR) is 86.4 cm³/mol. The van der Waals surface area contributed by atoms with Gasteiger partial charge in [0, 0.05) is 18.0 Å². The molecule has 0 saturated carbocycles. The number of esters is 1. The Morgan fingerprint density at radius 1 is 1.35 bits per heavy atom. The number of hydrogen-bond donors (Lipinski definition) is 2. The standard InChI is InChI=1S/C16H19N3O4/c1-16(2,3)23-15(20)11-6-7-14(19(21)22)13(9-11)18-10-12-5-4-8-17-12/h4-9,17-18H,10H2,1-3H3. The summed E-state index contributed by atoms with van der Waals surface area (Å²) in [7, 11) is 0. The third kappa shape index (κ3) is 4.57. The first-order valence-electron chi connectivity index (χ1n) is 7.14. The fourth-order valence-corrected chi connectivity index (χ4v) is 1.97. The van der Waals surface area contributed by atoms with Gasteiger partial charge in [0.15, 0.2) is 0 Å². The van der Waals surface area contributed by atoms with Crippen LogP contribution in [0.1, 0.15) is 36.8 Å². The van der Waals surface area contributed by atoms with Gasteiger partial charge in [-0.2, -0.15) is 0 Å². The average Bonchev–Trinajstić information content (AvgIpc) is 2.96. The molecule has 0 unspecified atom stereocenters. The van der Waals surface area contributed by atoms with E-state index in [1.54, 1.807) is 27.0 Å². The zero-order valence-electron chi connectivity index (χ0n) is 13.3. The highest BCUT2D eigenvalue weighted by molar-refractivity contribution is 5.91. The third-order valence-electron chi connectivity index (χ3n) is 2.96. The Bertz CT molecular complexity index is 703. The average molecular weight is 317 g/mol. The minimum absolute atomic E-state index is 0.0936. The molecule has 0 bridgehead atoms. The second kappa shape index (κ2) is 6.51. The van der Waals surface area contributed by atoms with Crippen molar-refractivity contribution in [2.24, 2.45) is 0 Å². The van der Waals surface area contributed by atoms with E-state index in [0.717, 1.165) is 5.69 Å². The molecule has 0 amide bonds. The lowest BCUT2D eigenvalue weighted by Crippen LogP contribution is -2.24. The van der Waals surface area contributed by atoms with Crippen LogP contribution in [-0.4, -0.2) is 21.5 Å². The number of nitro benzene ring substituents is 1. The number of rotatable bonds is 5. The first-order valence-corrected chi connectivity index (χ1v) is 7.14. The van der Waals surface area contributed by atoms with Crippen LogP contribution in [0.25, 0.3) is 0 Å². The number of ether oxygens (including phenoxy) is 1. The summed E-state index contributed by atoms with van der Waals surface area (Å²) in [4.78, 5) is 25.7. The van der Waals surface area contributed by atoms with Crippen molar-refractivity contribution in [3.8, 4) is 0 Å². The van der Waals surface area contributed by atoms with Crippen LogP contribution in [0.3, 0.4) is 0 Å². The molecule has 0 atom stereocenters. The first-order chi connectivity index (χ1) is 10.8. The van der Waals surface area contributed by atoms with Gasteiger partial charge in [-0.25, -0.2) is 4.79 Å². The summed E-state index contributed by atoms with van der Waals surface area (Å²) < 4.78 is 5.29. The minimum Gasteiger partial charge on any atom is -0.456 e. The Kier molecular flexibility index (Phi) is 4.68. The van der Waals surface area contributed by atoms with Crippen LogP contribution >= 0.6 is 0 Å². The molecule has 0 aliphatic rings. The number of hydrogen-bond acceptors (Lipinski definition) is 5. The molecule has 2 rings (SSSR count). The van der Waals surface area contributed by atoms with Gasteiger partial charge in [-0.05, 0) is 45.0 Å². The quantitative estimate of drug-likeness (QED) is 0.500. The summed E-state index contributed by atoms with van der Waals surface area (Å²) in [6.07, 6.45) is 1.77. The molecule has 0 aliphatic heterocycles. The minimum atomic E-state index is -0.628. The number of nitrogens with zero attached hydrogens (tertiary/aromatic N) is 1. The van der Waals surface area contributed by atoms with Crippen molar-refractivity contribution in [1.82, 2.24) is 4.98 Å². The van der Waals surface area contributed by atoms with E-state index >= 15 is 0 Å². The molecule has 0 aliphatic carbocycles. The summed E-state index contributed by atoms with van der Waals surface area (Å²) in [6, 6.07) is 7.83. The van der Waals surface area contributed by atoms with Crippen LogP contribution in [-0.2, 0) is 11.3 Å². The molecule has 7 heteroatoms. The lowest BCUT2D eigenvalue weighted by molar-refractivity contribution is -0.384. The smallest absolute Gasteiger partial charge is 0.338 e. The predicted octanol–water partition coefficient (Wildman–Crippen LogP) is 3.49. The van der Waals surface area contributed by atoms with Gasteiger partial charge in [0.25, 0.3) is 5.69 Å². The van der Waals surface area contributed by atoms with Crippen molar-refractivity contribution in [3.05, 3.63) is 57.9 Å². The number of H-pyrrole nitrogens is 1. The largest absolute Gasteiger partial charge is 0.456 e. The van der Waals surface area contributed by atoms with Crippen LogP contribution in [0.15, 0.2) is 36.5 Å². The van der Waals surface area contributed by atoms with Crippen molar-refractivity contribution >= 4 is 17.3 Å². The maximum Gasteiger partial charge on any atom is 0.338 e. The van der Waals surface area contributed by atoms with E-state index in [1.807, 2.05) is 12.1 Å². The molecule has 2 aromatic rings. The maximum atomic E-state index is 12.1. The summed E-state index contributed by atoms with van der Waals surface area (Å²) in [6.45, 7) is 5.67. The maximum absolute atomic E-state index is 12.1. The molecule has 0 saturated heterocycles. The van der Waals surface area contributed by atoms with Crippen LogP contribution in [0.2, 0.25) is 0 Å². The highest BCUT2D eigenvalue weighted by Gasteiger charge is 2.21. The zero-order chi connectivity index (χ0) is 17.0. The third-order valence-corrected chi connectivity index (χ3v) is 2.96. The zero-order valence-corrected chi connectivity index (χ0v) is 13.3. The van der Waals surface area contributed by atoms with Gasteiger partial charge in [0.1, 0.15) is 11.3 Å². The first kappa shape index (κ1) is 16.5. The van der Waals surface area contributed by atoms with Crippen molar-refractivity contribution in [1.29, 1.82) is 0 Å². The number of nitro groups is 1. The molecule has 122 valence electrons. The molecule has 1 aromatic heterocycles. The molecular weight excluding hydrogens is 298 g/mol. The number of carbonyl (C=O) groups excluding carboxylic acids is 1. The Balaban J connectivity index is 2.24. The summed E-state index contributed by atoms with van der Waals surface area (Å²) in [5, 5.41) is 14.1. The van der Waals surface area contributed by atoms with Crippen molar-refractivity contribution in [2.45, 2.75) is 32.9 Å². The molecule has 1 heterocycles. The number of benzene rings is 1. The highest BCUT2D eigenvalue weighted by Crippen LogP contribution is 2.27. The van der Waals surface area contributed by atoms with Gasteiger partial charge >= 0.3 is 5.97 Å². The number of aromatic amines is 1. The van der Waals surface area contributed by atoms with Gasteiger partial charge in [-0.3, -0.25) is 10.1 Å². The Labute approximate surface area is 133 Å². The van der Waals surface area contributed by atoms with E-state index in [4.69, 9.17) is 4.74 Å². The topological polar surface area (TPSA) is 97.3 Å². The van der Waals surface area contributed by atoms with E-state index in [9.17, 15) is 14.9 Å². The number of nitrogens with one attached hydrogen (secondary N) is 2. The normalized spacial score (nSPS) is 11.1. The van der Waals surface area contributed by atoms with E-state index in [-0.39, 0.29) is 16.9 Å². The van der Waals surface area contributed by atoms with Crippen LogP contribution in [0.4, 0.5) is 11.4 Å². The second-order valence-corrected chi connectivity index (χ2v) is 6.04. The second-order valence-electron chi connectivity index (χ2n) is 6.04. The molecule has 0 radical (unpaired) electrons. The molecule has 2 N–H and O–H groups in total. The number of aromatic nitrogens is 1. The SMILES string of the molecule is CC(C)(C)OC(=O)c1ccc([N+](=O)[O-])c(NCc2ccc[nH]2)c1. The van der Waals surface area contributed by atoms with Gasteiger partial charge in [0.05, 0.1) is 17.0 Å². The van der Waals surface area contributed by atoms with Crippen molar-refractivity contribution in [2.75, 3.05) is 5.32 Å². The van der Waals surface area contributed by atoms with Crippen molar-refractivity contribution < 1.29 is 14.5 Å². The highest BCUT2D eigenvalue weighted by atomic mass is 16.6. The summed E-state index contributed by atoms with van der Waals surface area (Å²) in [5.74, 6) is -0.518. The van der Waals surface area contributed by atoms with Gasteiger partial charge in [0.2, 0.25) is 0 Å². The Morgan fingerprint density at radius 2 is 2.09 bits per heavy atom. The number of carbonyl (C=O) groups is 1. The number of anilines is 1. The molecule has 23 heavy (non-hydrogen) atoms. The molecule has 1 aromatic carbocycles. The fourth-order valence-electron chi connectivity index (χ4n) is 1.97.